The van der Waals surface area contributed by atoms with E-state index in [0.29, 0.717) is 11.1 Å². The minimum atomic E-state index is -2.08. The number of rotatable bonds is 14. The number of aliphatic hydroxyl groups excluding tert-OH is 5. The fourth-order valence-corrected chi connectivity index (χ4v) is 7.51. The lowest BCUT2D eigenvalue weighted by Gasteiger charge is -2.46. The Labute approximate surface area is 379 Å². The molecule has 2 saturated heterocycles. The molecule has 4 aromatic carbocycles. The number of hydrogen-bond donors (Lipinski definition) is 9. The molecule has 21 heteroatoms. The molecule has 3 heterocycles. The molecule has 0 amide bonds. The third-order valence-corrected chi connectivity index (χ3v) is 11.1. The van der Waals surface area contributed by atoms with Crippen molar-refractivity contribution in [2.24, 2.45) is 0 Å². The van der Waals surface area contributed by atoms with Crippen LogP contribution in [0.2, 0.25) is 0 Å². The van der Waals surface area contributed by atoms with E-state index in [9.17, 15) is 60.3 Å². The molecular formula is C46H46O21. The predicted octanol–water partition coefficient (Wildman–Crippen LogP) is 1.78. The molecule has 21 nitrogen and oxygen atoms in total. The number of methoxy groups -OCH3 is 3. The zero-order valence-electron chi connectivity index (χ0n) is 35.7. The van der Waals surface area contributed by atoms with E-state index in [0.717, 1.165) is 12.1 Å². The van der Waals surface area contributed by atoms with Gasteiger partial charge in [-0.05, 0) is 66.2 Å². The van der Waals surface area contributed by atoms with Crippen LogP contribution in [-0.2, 0) is 28.5 Å². The van der Waals surface area contributed by atoms with Gasteiger partial charge in [0.25, 0.3) is 0 Å². The van der Waals surface area contributed by atoms with Gasteiger partial charge in [-0.15, -0.1) is 0 Å². The van der Waals surface area contributed by atoms with Gasteiger partial charge in [-0.1, -0.05) is 6.07 Å². The normalized spacial score (nSPS) is 25.1. The molecule has 0 unspecified atom stereocenters. The van der Waals surface area contributed by atoms with Gasteiger partial charge in [-0.2, -0.15) is 0 Å². The van der Waals surface area contributed by atoms with Crippen LogP contribution >= 0.6 is 0 Å². The second kappa shape index (κ2) is 20.3. The van der Waals surface area contributed by atoms with Gasteiger partial charge in [0.2, 0.25) is 0 Å². The van der Waals surface area contributed by atoms with E-state index in [1.807, 2.05) is 0 Å². The van der Waals surface area contributed by atoms with Crippen molar-refractivity contribution in [2.45, 2.75) is 61.2 Å². The highest BCUT2D eigenvalue weighted by molar-refractivity contribution is 5.90. The minimum absolute atomic E-state index is 0.0431. The van der Waals surface area contributed by atoms with Crippen molar-refractivity contribution in [1.82, 2.24) is 0 Å². The van der Waals surface area contributed by atoms with Gasteiger partial charge >= 0.3 is 11.9 Å². The van der Waals surface area contributed by atoms with Crippen molar-refractivity contribution in [3.05, 3.63) is 106 Å². The zero-order valence-corrected chi connectivity index (χ0v) is 35.7. The summed E-state index contributed by atoms with van der Waals surface area (Å²) < 4.78 is 50.4. The summed E-state index contributed by atoms with van der Waals surface area (Å²) in [5.41, 5.74) is -0.558. The number of aliphatic hydroxyl groups is 5. The van der Waals surface area contributed by atoms with E-state index in [4.69, 9.17) is 42.3 Å². The number of fused-ring (bicyclic) bond motifs is 1. The lowest BCUT2D eigenvalue weighted by Crippen LogP contribution is -2.63. The van der Waals surface area contributed by atoms with Crippen molar-refractivity contribution in [3.8, 4) is 51.6 Å². The molecule has 10 atom stereocenters. The second-order valence-corrected chi connectivity index (χ2v) is 15.3. The van der Waals surface area contributed by atoms with Crippen LogP contribution in [0.3, 0.4) is 0 Å². The summed E-state index contributed by atoms with van der Waals surface area (Å²) in [4.78, 5) is 39.6. The van der Waals surface area contributed by atoms with Crippen LogP contribution < -0.4 is 19.6 Å². The molecule has 1 aromatic heterocycles. The fourth-order valence-electron chi connectivity index (χ4n) is 7.51. The molecule has 0 saturated carbocycles. The molecule has 9 N–H and O–H groups in total. The molecule has 2 aliphatic rings. The Balaban J connectivity index is 1.20. The smallest absolute Gasteiger partial charge is 0.338 e. The number of phenols is 4. The summed E-state index contributed by atoms with van der Waals surface area (Å²) in [6.07, 6.45) is -16.6. The monoisotopic (exact) mass is 934 g/mol. The highest BCUT2D eigenvalue weighted by Gasteiger charge is 2.52. The molecule has 67 heavy (non-hydrogen) atoms. The summed E-state index contributed by atoms with van der Waals surface area (Å²) in [5.74, 6) is -3.24. The summed E-state index contributed by atoms with van der Waals surface area (Å²) in [7, 11) is 3.80. The van der Waals surface area contributed by atoms with E-state index in [1.165, 1.54) is 94.1 Å². The Morgan fingerprint density at radius 2 is 1.30 bits per heavy atom. The van der Waals surface area contributed by atoms with Crippen LogP contribution in [0.25, 0.3) is 28.4 Å². The first-order chi connectivity index (χ1) is 32.0. The van der Waals surface area contributed by atoms with Gasteiger partial charge in [0.05, 0.1) is 32.5 Å². The minimum Gasteiger partial charge on any atom is -0.508 e. The van der Waals surface area contributed by atoms with Gasteiger partial charge in [-0.3, -0.25) is 4.79 Å². The Hall–Kier alpha value is -6.95. The average molecular weight is 935 g/mol. The largest absolute Gasteiger partial charge is 0.508 e. The molecule has 0 radical (unpaired) electrons. The molecule has 5 aromatic rings. The molecule has 0 spiro atoms. The van der Waals surface area contributed by atoms with E-state index in [-0.39, 0.29) is 57.0 Å². The number of hydrogen-bond acceptors (Lipinski definition) is 21. The van der Waals surface area contributed by atoms with Gasteiger partial charge in [-0.25, -0.2) is 9.59 Å². The van der Waals surface area contributed by atoms with Crippen LogP contribution in [0.5, 0.6) is 40.2 Å². The van der Waals surface area contributed by atoms with Crippen molar-refractivity contribution < 1.29 is 97.9 Å². The van der Waals surface area contributed by atoms with Gasteiger partial charge in [0.15, 0.2) is 34.7 Å². The number of aromatic hydroxyl groups is 4. The van der Waals surface area contributed by atoms with Crippen LogP contribution in [-0.4, -0.2) is 148 Å². The fraction of sp³-hybridized carbons (Fsp3) is 0.326. The molecule has 356 valence electrons. The van der Waals surface area contributed by atoms with Gasteiger partial charge in [0.1, 0.15) is 102 Å². The number of carbonyl (C=O) groups is 2. The molecule has 7 rings (SSSR count). The number of esters is 2. The van der Waals surface area contributed by atoms with Gasteiger partial charge in [0, 0.05) is 23.8 Å². The van der Waals surface area contributed by atoms with Crippen LogP contribution in [0.4, 0.5) is 0 Å². The van der Waals surface area contributed by atoms with Crippen molar-refractivity contribution in [1.29, 1.82) is 0 Å². The Kier molecular flexibility index (Phi) is 14.5. The van der Waals surface area contributed by atoms with E-state index in [2.05, 4.69) is 0 Å². The predicted molar refractivity (Wildman–Crippen MR) is 229 cm³/mol. The third-order valence-electron chi connectivity index (χ3n) is 11.1. The van der Waals surface area contributed by atoms with Crippen molar-refractivity contribution in [2.75, 3.05) is 34.5 Å². The Morgan fingerprint density at radius 1 is 0.672 bits per heavy atom. The Bertz CT molecular complexity index is 2680. The lowest BCUT2D eigenvalue weighted by molar-refractivity contribution is -0.342. The first kappa shape index (κ1) is 48.0. The lowest BCUT2D eigenvalue weighted by atomic mass is 9.89. The standard InChI is InChI=1S/C46H46O21/c1-59-28-14-20(4-11-24(28)48)5-13-34(51)62-18-32-38(53)41(56)44(67-46-42(57)40(55)37(52)33(66-46)19-63-45(58)22-8-12-25(49)29(15-22)60-2)43(65-32)36-30(61-3)17-31-35(39(36)54)26(50)16-27(64-31)21-6-9-23(47)10-7-21/h4-17,32-33,37-38,40-44,46-49,52-57H,18-19H2,1-3H3/b13-5+/t32-,33-,37-,38-,40+,41+,42-,43+,44-,46+/m1/s1. The Morgan fingerprint density at radius 3 is 1.99 bits per heavy atom. The van der Waals surface area contributed by atoms with Crippen LogP contribution in [0, 0.1) is 0 Å². The second-order valence-electron chi connectivity index (χ2n) is 15.3. The summed E-state index contributed by atoms with van der Waals surface area (Å²) >= 11 is 0. The molecule has 2 aliphatic heterocycles. The van der Waals surface area contributed by atoms with E-state index >= 15 is 0 Å². The van der Waals surface area contributed by atoms with Gasteiger partial charge < -0.3 is 88.3 Å². The highest BCUT2D eigenvalue weighted by atomic mass is 16.7. The summed E-state index contributed by atoms with van der Waals surface area (Å²) in [5, 5.41) is 97.3. The number of benzene rings is 4. The number of ether oxygens (including phenoxy) is 8. The van der Waals surface area contributed by atoms with E-state index < -0.39 is 103 Å². The summed E-state index contributed by atoms with van der Waals surface area (Å²) in [6, 6.07) is 15.9. The maximum absolute atomic E-state index is 13.7. The first-order valence-electron chi connectivity index (χ1n) is 20.3. The number of phenolic OH excluding ortho intramolecular Hbond substituents is 4. The SMILES string of the molecule is COc1cc(/C=C/C(=O)OC[C@H]2O[C@@H](c3c(OC)cc4oc(-c5ccc(O)cc5)cc(=O)c4c3O)[C@H](O[C@@H]3O[C@H](COC(=O)c4ccc(O)c(OC)c4)[C@@H](O)[C@H](O)[C@H]3O)[C@@H](O)[C@@H]2O)ccc1O. The van der Waals surface area contributed by atoms with Crippen molar-refractivity contribution >= 4 is 29.0 Å². The van der Waals surface area contributed by atoms with Crippen LogP contribution in [0.1, 0.15) is 27.6 Å². The maximum atomic E-state index is 13.7. The topological polar surface area (TPSA) is 320 Å². The third kappa shape index (κ3) is 10.1. The molecule has 2 fully saturated rings. The maximum Gasteiger partial charge on any atom is 0.338 e. The average Bonchev–Trinajstić information content (AvgIpc) is 3.32. The van der Waals surface area contributed by atoms with E-state index in [1.54, 1.807) is 0 Å². The molecular weight excluding hydrogens is 888 g/mol. The molecule has 0 bridgehead atoms. The van der Waals surface area contributed by atoms with Crippen LogP contribution in [0.15, 0.2) is 88.1 Å². The quantitative estimate of drug-likeness (QED) is 0.0566. The highest BCUT2D eigenvalue weighted by Crippen LogP contribution is 2.47. The van der Waals surface area contributed by atoms with Crippen molar-refractivity contribution in [3.63, 3.8) is 0 Å². The summed E-state index contributed by atoms with van der Waals surface area (Å²) in [6.45, 7) is -1.47. The number of carbonyl (C=O) groups excluding carboxylic acids is 2. The zero-order chi connectivity index (χ0) is 48.3. The molecule has 0 aliphatic carbocycles. The first-order valence-corrected chi connectivity index (χ1v) is 20.3.